The molecule has 118 valence electrons. The van der Waals surface area contributed by atoms with Crippen LogP contribution in [0.15, 0.2) is 16.7 Å². The van der Waals surface area contributed by atoms with Crippen molar-refractivity contribution in [2.75, 3.05) is 13.1 Å². The molecule has 0 atom stereocenters. The summed E-state index contributed by atoms with van der Waals surface area (Å²) in [6, 6.07) is 1.95. The third kappa shape index (κ3) is 2.74. The van der Waals surface area contributed by atoms with Crippen LogP contribution in [0.25, 0.3) is 11.0 Å². The quantitative estimate of drug-likeness (QED) is 0.816. The fourth-order valence-corrected chi connectivity index (χ4v) is 3.42. The second-order valence-corrected chi connectivity index (χ2v) is 6.88. The Balaban J connectivity index is 1.85. The van der Waals surface area contributed by atoms with Gasteiger partial charge < -0.3 is 9.32 Å². The Morgan fingerprint density at radius 2 is 2.05 bits per heavy atom. The van der Waals surface area contributed by atoms with Gasteiger partial charge in [-0.25, -0.2) is 0 Å². The monoisotopic (exact) mass is 319 g/mol. The van der Waals surface area contributed by atoms with E-state index in [0.717, 1.165) is 64.5 Å². The second kappa shape index (κ2) is 5.96. The van der Waals surface area contributed by atoms with Gasteiger partial charge >= 0.3 is 0 Å². The van der Waals surface area contributed by atoms with Crippen molar-refractivity contribution in [1.29, 1.82) is 0 Å². The minimum Gasteiger partial charge on any atom is -0.464 e. The number of halogens is 1. The third-order valence-corrected chi connectivity index (χ3v) is 5.35. The van der Waals surface area contributed by atoms with Gasteiger partial charge in [0.1, 0.15) is 5.58 Å². The van der Waals surface area contributed by atoms with Gasteiger partial charge in [0.25, 0.3) is 0 Å². The Kier molecular flexibility index (Phi) is 4.18. The van der Waals surface area contributed by atoms with Crippen molar-refractivity contribution in [3.63, 3.8) is 0 Å². The summed E-state index contributed by atoms with van der Waals surface area (Å²) in [5, 5.41) is 1.75. The number of benzene rings is 1. The first-order valence-corrected chi connectivity index (χ1v) is 8.28. The van der Waals surface area contributed by atoms with Gasteiger partial charge in [-0.3, -0.25) is 4.79 Å². The van der Waals surface area contributed by atoms with Gasteiger partial charge in [-0.05, 0) is 49.8 Å². The van der Waals surface area contributed by atoms with Gasteiger partial charge in [0.05, 0.1) is 12.7 Å². The van der Waals surface area contributed by atoms with Gasteiger partial charge in [0.15, 0.2) is 0 Å². The van der Waals surface area contributed by atoms with Crippen LogP contribution in [0.3, 0.4) is 0 Å². The van der Waals surface area contributed by atoms with Crippen molar-refractivity contribution in [3.8, 4) is 0 Å². The van der Waals surface area contributed by atoms with Crippen LogP contribution >= 0.6 is 11.6 Å². The number of hydrogen-bond donors (Lipinski definition) is 0. The van der Waals surface area contributed by atoms with E-state index in [2.05, 4.69) is 6.92 Å². The highest BCUT2D eigenvalue weighted by atomic mass is 35.5. The molecule has 2 heterocycles. The molecular formula is C18H22ClNO2. The maximum Gasteiger partial charge on any atom is 0.227 e. The molecule has 0 radical (unpaired) electrons. The lowest BCUT2D eigenvalue weighted by molar-refractivity contribution is -0.131. The molecule has 0 spiro atoms. The number of aryl methyl sites for hydroxylation is 2. The summed E-state index contributed by atoms with van der Waals surface area (Å²) in [6.07, 6.45) is 4.30. The van der Waals surface area contributed by atoms with Crippen molar-refractivity contribution in [2.45, 2.75) is 40.0 Å². The number of piperidine rings is 1. The molecule has 0 aliphatic carbocycles. The number of fused-ring (bicyclic) bond motifs is 1. The van der Waals surface area contributed by atoms with Gasteiger partial charge in [-0.15, -0.1) is 0 Å². The lowest BCUT2D eigenvalue weighted by atomic mass is 9.98. The summed E-state index contributed by atoms with van der Waals surface area (Å²) in [6.45, 7) is 7.95. The van der Waals surface area contributed by atoms with Gasteiger partial charge in [-0.2, -0.15) is 0 Å². The fraction of sp³-hybridized carbons (Fsp3) is 0.500. The summed E-state index contributed by atoms with van der Waals surface area (Å²) < 4.78 is 5.64. The van der Waals surface area contributed by atoms with Gasteiger partial charge in [-0.1, -0.05) is 18.5 Å². The Hall–Kier alpha value is -1.48. The average molecular weight is 320 g/mol. The summed E-state index contributed by atoms with van der Waals surface area (Å²) >= 11 is 6.35. The van der Waals surface area contributed by atoms with Crippen molar-refractivity contribution in [3.05, 3.63) is 34.0 Å². The maximum absolute atomic E-state index is 12.5. The molecule has 0 bridgehead atoms. The van der Waals surface area contributed by atoms with E-state index in [1.165, 1.54) is 0 Å². The van der Waals surface area contributed by atoms with E-state index < -0.39 is 0 Å². The van der Waals surface area contributed by atoms with Crippen LogP contribution in [-0.2, 0) is 11.2 Å². The molecule has 1 amide bonds. The molecule has 0 saturated carbocycles. The van der Waals surface area contributed by atoms with Crippen LogP contribution in [0.2, 0.25) is 5.02 Å². The van der Waals surface area contributed by atoms with Crippen LogP contribution in [0.4, 0.5) is 0 Å². The highest BCUT2D eigenvalue weighted by molar-refractivity contribution is 6.33. The number of carbonyl (C=O) groups excluding carboxylic acids is 1. The van der Waals surface area contributed by atoms with E-state index in [-0.39, 0.29) is 5.91 Å². The summed E-state index contributed by atoms with van der Waals surface area (Å²) in [4.78, 5) is 14.5. The molecule has 1 saturated heterocycles. The Morgan fingerprint density at radius 1 is 1.36 bits per heavy atom. The maximum atomic E-state index is 12.5. The molecule has 1 aromatic heterocycles. The van der Waals surface area contributed by atoms with Crippen LogP contribution in [0.5, 0.6) is 0 Å². The summed E-state index contributed by atoms with van der Waals surface area (Å²) in [5.74, 6) is 0.911. The van der Waals surface area contributed by atoms with Crippen LogP contribution < -0.4 is 0 Å². The van der Waals surface area contributed by atoms with Crippen LogP contribution in [0, 0.1) is 19.8 Å². The number of amides is 1. The van der Waals surface area contributed by atoms with Crippen molar-refractivity contribution in [1.82, 2.24) is 4.90 Å². The van der Waals surface area contributed by atoms with E-state index in [9.17, 15) is 4.79 Å². The zero-order valence-electron chi connectivity index (χ0n) is 13.4. The standard InChI is InChI=1S/C18H22ClNO2/c1-11-4-6-20(7-5-11)16(21)9-14-10-22-15-8-12(2)18(19)13(3)17(14)15/h8,10-11H,4-7,9H2,1-3H3. The number of hydrogen-bond acceptors (Lipinski definition) is 2. The zero-order valence-corrected chi connectivity index (χ0v) is 14.2. The summed E-state index contributed by atoms with van der Waals surface area (Å²) in [5.41, 5.74) is 3.76. The molecule has 1 fully saturated rings. The van der Waals surface area contributed by atoms with Gasteiger partial charge in [0, 0.05) is 29.1 Å². The molecule has 1 aromatic carbocycles. The lowest BCUT2D eigenvalue weighted by Crippen LogP contribution is -2.38. The first-order chi connectivity index (χ1) is 10.5. The molecule has 1 aliphatic rings. The van der Waals surface area contributed by atoms with Crippen molar-refractivity contribution < 1.29 is 9.21 Å². The Bertz CT molecular complexity index is 711. The minimum atomic E-state index is 0.186. The average Bonchev–Trinajstić information content (AvgIpc) is 2.88. The fourth-order valence-electron chi connectivity index (χ4n) is 3.27. The highest BCUT2D eigenvalue weighted by Crippen LogP contribution is 2.33. The van der Waals surface area contributed by atoms with E-state index >= 15 is 0 Å². The molecule has 22 heavy (non-hydrogen) atoms. The predicted molar refractivity (Wildman–Crippen MR) is 89.4 cm³/mol. The SMILES string of the molecule is Cc1cc2occ(CC(=O)N3CCC(C)CC3)c2c(C)c1Cl. The Labute approximate surface area is 136 Å². The first kappa shape index (κ1) is 15.4. The van der Waals surface area contributed by atoms with E-state index in [0.29, 0.717) is 6.42 Å². The smallest absolute Gasteiger partial charge is 0.227 e. The minimum absolute atomic E-state index is 0.186. The van der Waals surface area contributed by atoms with Crippen molar-refractivity contribution >= 4 is 28.5 Å². The molecule has 3 rings (SSSR count). The number of carbonyl (C=O) groups is 1. The molecule has 0 unspecified atom stereocenters. The normalized spacial score (nSPS) is 16.5. The van der Waals surface area contributed by atoms with Crippen LogP contribution in [-0.4, -0.2) is 23.9 Å². The molecule has 1 aliphatic heterocycles. The summed E-state index contributed by atoms with van der Waals surface area (Å²) in [7, 11) is 0. The first-order valence-electron chi connectivity index (χ1n) is 7.91. The second-order valence-electron chi connectivity index (χ2n) is 6.51. The van der Waals surface area contributed by atoms with E-state index in [4.69, 9.17) is 16.0 Å². The van der Waals surface area contributed by atoms with E-state index in [1.54, 1.807) is 6.26 Å². The lowest BCUT2D eigenvalue weighted by Gasteiger charge is -2.30. The Morgan fingerprint density at radius 3 is 2.73 bits per heavy atom. The third-order valence-electron chi connectivity index (χ3n) is 4.77. The topological polar surface area (TPSA) is 33.5 Å². The highest BCUT2D eigenvalue weighted by Gasteiger charge is 2.22. The zero-order chi connectivity index (χ0) is 15.9. The number of furan rings is 1. The number of likely N-dealkylation sites (tertiary alicyclic amines) is 1. The molecule has 3 nitrogen and oxygen atoms in total. The van der Waals surface area contributed by atoms with Gasteiger partial charge in [0.2, 0.25) is 5.91 Å². The molecular weight excluding hydrogens is 298 g/mol. The van der Waals surface area contributed by atoms with E-state index in [1.807, 2.05) is 24.8 Å². The largest absolute Gasteiger partial charge is 0.464 e. The number of rotatable bonds is 2. The molecule has 4 heteroatoms. The predicted octanol–water partition coefficient (Wildman–Crippen LogP) is 4.50. The van der Waals surface area contributed by atoms with Crippen molar-refractivity contribution in [2.24, 2.45) is 5.92 Å². The molecule has 2 aromatic rings. The van der Waals surface area contributed by atoms with Crippen LogP contribution in [0.1, 0.15) is 36.5 Å². The molecule has 0 N–H and O–H groups in total. The number of nitrogens with zero attached hydrogens (tertiary/aromatic N) is 1.